The second-order valence-corrected chi connectivity index (χ2v) is 4.36. The van der Waals surface area contributed by atoms with Crippen molar-refractivity contribution >= 4 is 0 Å². The van der Waals surface area contributed by atoms with Gasteiger partial charge in [0.1, 0.15) is 0 Å². The zero-order valence-electron chi connectivity index (χ0n) is 8.64. The summed E-state index contributed by atoms with van der Waals surface area (Å²) in [6.45, 7) is 2.22. The highest BCUT2D eigenvalue weighted by atomic mass is 14.9. The summed E-state index contributed by atoms with van der Waals surface area (Å²) in [6.07, 6.45) is 10.0. The van der Waals surface area contributed by atoms with Crippen LogP contribution in [0.1, 0.15) is 32.6 Å². The van der Waals surface area contributed by atoms with Gasteiger partial charge in [0.05, 0.1) is 0 Å². The minimum absolute atomic E-state index is 0.789. The highest BCUT2D eigenvalue weighted by molar-refractivity contribution is 5.29. The van der Waals surface area contributed by atoms with E-state index >= 15 is 0 Å². The van der Waals surface area contributed by atoms with Gasteiger partial charge in [-0.15, -0.1) is 0 Å². The minimum atomic E-state index is 0.789. The molecule has 2 aliphatic carbocycles. The summed E-state index contributed by atoms with van der Waals surface area (Å²) in [4.78, 5) is 0. The minimum Gasteiger partial charge on any atom is -0.317 e. The third-order valence-corrected chi connectivity index (χ3v) is 3.38. The van der Waals surface area contributed by atoms with Gasteiger partial charge in [-0.25, -0.2) is 0 Å². The summed E-state index contributed by atoms with van der Waals surface area (Å²) >= 11 is 0. The molecule has 1 N–H and O–H groups in total. The van der Waals surface area contributed by atoms with Crippen LogP contribution < -0.4 is 5.32 Å². The lowest BCUT2D eigenvalue weighted by Crippen LogP contribution is -2.39. The first kappa shape index (κ1) is 9.01. The molecule has 13 heavy (non-hydrogen) atoms. The molecule has 1 saturated carbocycles. The number of hydrogen-bond donors (Lipinski definition) is 1. The summed E-state index contributed by atoms with van der Waals surface area (Å²) in [7, 11) is 2.07. The normalized spacial score (nSPS) is 33.4. The molecule has 0 amide bonds. The monoisotopic (exact) mass is 177 g/mol. The Bertz CT molecular complexity index is 244. The molecule has 0 aromatic rings. The van der Waals surface area contributed by atoms with Crippen LogP contribution in [0, 0.1) is 5.92 Å². The maximum Gasteiger partial charge on any atom is 0.00754 e. The molecular formula is C12H19N. The van der Waals surface area contributed by atoms with Crippen molar-refractivity contribution in [2.24, 2.45) is 5.92 Å². The SMILES string of the molecule is CNC1CC(C2=CC(C)=CCC2)C1. The maximum absolute atomic E-state index is 3.34. The Hall–Kier alpha value is -0.560. The van der Waals surface area contributed by atoms with Crippen LogP contribution in [-0.2, 0) is 0 Å². The van der Waals surface area contributed by atoms with Crippen molar-refractivity contribution in [1.29, 1.82) is 0 Å². The van der Waals surface area contributed by atoms with Crippen molar-refractivity contribution in [3.05, 3.63) is 23.3 Å². The largest absolute Gasteiger partial charge is 0.317 e. The van der Waals surface area contributed by atoms with Gasteiger partial charge in [-0.05, 0) is 45.6 Å². The first-order valence-corrected chi connectivity index (χ1v) is 5.34. The third kappa shape index (κ3) is 1.86. The molecule has 0 unspecified atom stereocenters. The van der Waals surface area contributed by atoms with Crippen LogP contribution in [0.4, 0.5) is 0 Å². The molecule has 0 aromatic carbocycles. The van der Waals surface area contributed by atoms with E-state index in [2.05, 4.69) is 31.4 Å². The Kier molecular flexibility index (Phi) is 2.54. The molecule has 0 bridgehead atoms. The van der Waals surface area contributed by atoms with Gasteiger partial charge in [-0.1, -0.05) is 23.3 Å². The first-order chi connectivity index (χ1) is 6.29. The van der Waals surface area contributed by atoms with Crippen molar-refractivity contribution in [3.8, 4) is 0 Å². The van der Waals surface area contributed by atoms with Crippen molar-refractivity contribution in [2.45, 2.75) is 38.6 Å². The first-order valence-electron chi connectivity index (χ1n) is 5.34. The van der Waals surface area contributed by atoms with Gasteiger partial charge >= 0.3 is 0 Å². The lowest BCUT2D eigenvalue weighted by atomic mass is 9.73. The Morgan fingerprint density at radius 1 is 1.38 bits per heavy atom. The van der Waals surface area contributed by atoms with Gasteiger partial charge in [0.25, 0.3) is 0 Å². The number of hydrogen-bond acceptors (Lipinski definition) is 1. The van der Waals surface area contributed by atoms with E-state index < -0.39 is 0 Å². The molecule has 1 nitrogen and oxygen atoms in total. The standard InChI is InChI=1S/C12H19N/c1-9-4-3-5-10(6-9)11-7-12(8-11)13-2/h4,6,11-13H,3,5,7-8H2,1-2H3. The smallest absolute Gasteiger partial charge is 0.00754 e. The second kappa shape index (κ2) is 3.67. The zero-order chi connectivity index (χ0) is 9.26. The summed E-state index contributed by atoms with van der Waals surface area (Å²) in [5, 5.41) is 3.34. The van der Waals surface area contributed by atoms with Crippen LogP contribution in [-0.4, -0.2) is 13.1 Å². The maximum atomic E-state index is 3.34. The fraction of sp³-hybridized carbons (Fsp3) is 0.667. The highest BCUT2D eigenvalue weighted by Crippen LogP contribution is 2.37. The molecule has 72 valence electrons. The third-order valence-electron chi connectivity index (χ3n) is 3.38. The van der Waals surface area contributed by atoms with E-state index in [-0.39, 0.29) is 0 Å². The summed E-state index contributed by atoms with van der Waals surface area (Å²) in [5.74, 6) is 0.890. The summed E-state index contributed by atoms with van der Waals surface area (Å²) < 4.78 is 0. The second-order valence-electron chi connectivity index (χ2n) is 4.36. The fourth-order valence-electron chi connectivity index (χ4n) is 2.37. The van der Waals surface area contributed by atoms with Crippen LogP contribution in [0.3, 0.4) is 0 Å². The van der Waals surface area contributed by atoms with Crippen LogP contribution in [0.5, 0.6) is 0 Å². The molecule has 0 aliphatic heterocycles. The Balaban J connectivity index is 1.92. The van der Waals surface area contributed by atoms with Gasteiger partial charge in [-0.3, -0.25) is 0 Å². The number of nitrogens with one attached hydrogen (secondary N) is 1. The van der Waals surface area contributed by atoms with Gasteiger partial charge in [-0.2, -0.15) is 0 Å². The lowest BCUT2D eigenvalue weighted by Gasteiger charge is -2.37. The molecular weight excluding hydrogens is 158 g/mol. The van der Waals surface area contributed by atoms with Crippen molar-refractivity contribution in [3.63, 3.8) is 0 Å². The van der Waals surface area contributed by atoms with Crippen molar-refractivity contribution < 1.29 is 0 Å². The Labute approximate surface area is 80.9 Å². The molecule has 0 spiro atoms. The van der Waals surface area contributed by atoms with Gasteiger partial charge in [0.15, 0.2) is 0 Å². The lowest BCUT2D eigenvalue weighted by molar-refractivity contribution is 0.264. The Morgan fingerprint density at radius 3 is 2.77 bits per heavy atom. The molecule has 1 fully saturated rings. The van der Waals surface area contributed by atoms with E-state index in [0.717, 1.165) is 12.0 Å². The van der Waals surface area contributed by atoms with Gasteiger partial charge in [0.2, 0.25) is 0 Å². The average Bonchev–Trinajstić information content (AvgIpc) is 2.02. The van der Waals surface area contributed by atoms with Crippen LogP contribution >= 0.6 is 0 Å². The van der Waals surface area contributed by atoms with Gasteiger partial charge in [0, 0.05) is 6.04 Å². The molecule has 2 rings (SSSR count). The van der Waals surface area contributed by atoms with Crippen LogP contribution in [0.15, 0.2) is 23.3 Å². The average molecular weight is 177 g/mol. The topological polar surface area (TPSA) is 12.0 Å². The van der Waals surface area contributed by atoms with E-state index in [1.165, 1.54) is 31.3 Å². The molecule has 0 saturated heterocycles. The molecule has 0 atom stereocenters. The van der Waals surface area contributed by atoms with Crippen LogP contribution in [0.2, 0.25) is 0 Å². The molecule has 2 aliphatic rings. The molecule has 1 heteroatoms. The van der Waals surface area contributed by atoms with Crippen LogP contribution in [0.25, 0.3) is 0 Å². The van der Waals surface area contributed by atoms with E-state index in [0.29, 0.717) is 0 Å². The van der Waals surface area contributed by atoms with E-state index in [9.17, 15) is 0 Å². The quantitative estimate of drug-likeness (QED) is 0.683. The fourth-order valence-corrected chi connectivity index (χ4v) is 2.37. The zero-order valence-corrected chi connectivity index (χ0v) is 8.64. The van der Waals surface area contributed by atoms with E-state index in [1.54, 1.807) is 5.57 Å². The Morgan fingerprint density at radius 2 is 2.15 bits per heavy atom. The van der Waals surface area contributed by atoms with E-state index in [1.807, 2.05) is 0 Å². The number of rotatable bonds is 2. The van der Waals surface area contributed by atoms with Crippen molar-refractivity contribution in [2.75, 3.05) is 7.05 Å². The predicted octanol–water partition coefficient (Wildman–Crippen LogP) is 2.65. The van der Waals surface area contributed by atoms with Gasteiger partial charge < -0.3 is 5.32 Å². The molecule has 0 aromatic heterocycles. The summed E-state index contributed by atoms with van der Waals surface area (Å²) in [5.41, 5.74) is 3.17. The molecule has 0 radical (unpaired) electrons. The summed E-state index contributed by atoms with van der Waals surface area (Å²) in [6, 6.07) is 0.789. The highest BCUT2D eigenvalue weighted by Gasteiger charge is 2.30. The number of allylic oxidation sites excluding steroid dienone is 4. The van der Waals surface area contributed by atoms with E-state index in [4.69, 9.17) is 0 Å². The van der Waals surface area contributed by atoms with Crippen molar-refractivity contribution in [1.82, 2.24) is 5.32 Å². The predicted molar refractivity (Wildman–Crippen MR) is 56.6 cm³/mol. The molecule has 0 heterocycles.